The van der Waals surface area contributed by atoms with E-state index in [-0.39, 0.29) is 0 Å². The Morgan fingerprint density at radius 1 is 1.47 bits per heavy atom. The molecule has 1 heterocycles. The van der Waals surface area contributed by atoms with Crippen LogP contribution in [0.4, 0.5) is 0 Å². The van der Waals surface area contributed by atoms with E-state index >= 15 is 0 Å². The number of hydrogen-bond acceptors (Lipinski definition) is 2. The Labute approximate surface area is 108 Å². The van der Waals surface area contributed by atoms with E-state index in [9.17, 15) is 0 Å². The van der Waals surface area contributed by atoms with Gasteiger partial charge in [-0.2, -0.15) is 0 Å². The molecule has 1 aromatic rings. The molecule has 3 heteroatoms. The first kappa shape index (κ1) is 12.9. The fourth-order valence-corrected chi connectivity index (χ4v) is 2.71. The van der Waals surface area contributed by atoms with Gasteiger partial charge in [0.05, 0.1) is 6.61 Å². The second-order valence-corrected chi connectivity index (χ2v) is 5.06. The van der Waals surface area contributed by atoms with Crippen molar-refractivity contribution in [1.82, 2.24) is 5.32 Å². The topological polar surface area (TPSA) is 21.3 Å². The van der Waals surface area contributed by atoms with Gasteiger partial charge in [0.15, 0.2) is 0 Å². The van der Waals surface area contributed by atoms with E-state index in [0.717, 1.165) is 37.6 Å². The molecule has 1 saturated heterocycles. The van der Waals surface area contributed by atoms with Gasteiger partial charge in [0.25, 0.3) is 0 Å². The first-order chi connectivity index (χ1) is 8.29. The molecule has 0 unspecified atom stereocenters. The summed E-state index contributed by atoms with van der Waals surface area (Å²) in [5, 5.41) is 4.38. The summed E-state index contributed by atoms with van der Waals surface area (Å²) in [4.78, 5) is 0. The van der Waals surface area contributed by atoms with Crippen LogP contribution < -0.4 is 5.32 Å². The Kier molecular flexibility index (Phi) is 4.84. The smallest absolute Gasteiger partial charge is 0.0512 e. The molecule has 1 fully saturated rings. The lowest BCUT2D eigenvalue weighted by Crippen LogP contribution is -2.43. The van der Waals surface area contributed by atoms with Gasteiger partial charge < -0.3 is 10.1 Å². The average molecular weight is 254 g/mol. The maximum absolute atomic E-state index is 6.01. The molecule has 94 valence electrons. The van der Waals surface area contributed by atoms with Crippen LogP contribution >= 0.6 is 11.6 Å². The molecule has 1 N–H and O–H groups in total. The van der Waals surface area contributed by atoms with Gasteiger partial charge >= 0.3 is 0 Å². The standard InChI is InChI=1S/C14H20ClNO/c1-2-16-14-6-7-17-10-12(14)8-11-4-3-5-13(15)9-11/h3-5,9,12,14,16H,2,6-8,10H2,1H3/t12-,14-/m1/s1. The van der Waals surface area contributed by atoms with Crippen molar-refractivity contribution >= 4 is 11.6 Å². The van der Waals surface area contributed by atoms with Gasteiger partial charge in [-0.15, -0.1) is 0 Å². The highest BCUT2D eigenvalue weighted by Crippen LogP contribution is 2.21. The number of benzene rings is 1. The Balaban J connectivity index is 2.00. The molecule has 2 nitrogen and oxygen atoms in total. The molecular formula is C14H20ClNO. The molecule has 2 rings (SSSR count). The first-order valence-corrected chi connectivity index (χ1v) is 6.73. The fraction of sp³-hybridized carbons (Fsp3) is 0.571. The highest BCUT2D eigenvalue weighted by atomic mass is 35.5. The van der Waals surface area contributed by atoms with Crippen molar-refractivity contribution in [3.63, 3.8) is 0 Å². The van der Waals surface area contributed by atoms with Crippen molar-refractivity contribution in [3.8, 4) is 0 Å². The van der Waals surface area contributed by atoms with Crippen LogP contribution in [-0.4, -0.2) is 25.8 Å². The van der Waals surface area contributed by atoms with Crippen molar-refractivity contribution in [3.05, 3.63) is 34.9 Å². The summed E-state index contributed by atoms with van der Waals surface area (Å²) in [6.07, 6.45) is 2.15. The lowest BCUT2D eigenvalue weighted by molar-refractivity contribution is 0.0327. The molecular weight excluding hydrogens is 234 g/mol. The van der Waals surface area contributed by atoms with Gasteiger partial charge in [-0.25, -0.2) is 0 Å². The summed E-state index contributed by atoms with van der Waals surface area (Å²) in [6.45, 7) is 4.91. The molecule has 0 radical (unpaired) electrons. The summed E-state index contributed by atoms with van der Waals surface area (Å²) < 4.78 is 5.59. The maximum Gasteiger partial charge on any atom is 0.0512 e. The van der Waals surface area contributed by atoms with E-state index in [0.29, 0.717) is 12.0 Å². The fourth-order valence-electron chi connectivity index (χ4n) is 2.50. The minimum Gasteiger partial charge on any atom is -0.381 e. The number of halogens is 1. The van der Waals surface area contributed by atoms with Crippen molar-refractivity contribution in [2.75, 3.05) is 19.8 Å². The highest BCUT2D eigenvalue weighted by Gasteiger charge is 2.24. The predicted molar refractivity (Wildman–Crippen MR) is 71.5 cm³/mol. The molecule has 0 bridgehead atoms. The lowest BCUT2D eigenvalue weighted by Gasteiger charge is -2.32. The molecule has 0 amide bonds. The Morgan fingerprint density at radius 2 is 2.35 bits per heavy atom. The van der Waals surface area contributed by atoms with Crippen LogP contribution in [0.1, 0.15) is 18.9 Å². The molecule has 1 aliphatic rings. The number of rotatable bonds is 4. The quantitative estimate of drug-likeness (QED) is 0.891. The van der Waals surface area contributed by atoms with E-state index in [1.54, 1.807) is 0 Å². The van der Waals surface area contributed by atoms with E-state index in [4.69, 9.17) is 16.3 Å². The second-order valence-electron chi connectivity index (χ2n) is 4.62. The van der Waals surface area contributed by atoms with Crippen molar-refractivity contribution < 1.29 is 4.74 Å². The van der Waals surface area contributed by atoms with Crippen LogP contribution in [0.25, 0.3) is 0 Å². The number of ether oxygens (including phenoxy) is 1. The van der Waals surface area contributed by atoms with Gasteiger partial charge in [-0.05, 0) is 37.1 Å². The number of nitrogens with one attached hydrogen (secondary N) is 1. The molecule has 2 atom stereocenters. The third kappa shape index (κ3) is 3.70. The van der Waals surface area contributed by atoms with Crippen LogP contribution in [0, 0.1) is 5.92 Å². The molecule has 1 aromatic carbocycles. The zero-order valence-electron chi connectivity index (χ0n) is 10.3. The Morgan fingerprint density at radius 3 is 3.12 bits per heavy atom. The molecule has 0 aromatic heterocycles. The van der Waals surface area contributed by atoms with Gasteiger partial charge in [0.1, 0.15) is 0 Å². The number of hydrogen-bond donors (Lipinski definition) is 1. The SMILES string of the molecule is CCN[C@@H]1CCOC[C@H]1Cc1cccc(Cl)c1. The van der Waals surface area contributed by atoms with Gasteiger partial charge in [0.2, 0.25) is 0 Å². The van der Waals surface area contributed by atoms with Crippen LogP contribution in [0.3, 0.4) is 0 Å². The minimum atomic E-state index is 0.558. The summed E-state index contributed by atoms with van der Waals surface area (Å²) in [5.41, 5.74) is 1.30. The molecule has 1 aliphatic heterocycles. The highest BCUT2D eigenvalue weighted by molar-refractivity contribution is 6.30. The molecule has 0 spiro atoms. The summed E-state index contributed by atoms with van der Waals surface area (Å²) in [5.74, 6) is 0.558. The summed E-state index contributed by atoms with van der Waals surface area (Å²) in [7, 11) is 0. The first-order valence-electron chi connectivity index (χ1n) is 6.35. The molecule has 0 saturated carbocycles. The zero-order valence-corrected chi connectivity index (χ0v) is 11.0. The average Bonchev–Trinajstić information content (AvgIpc) is 2.32. The van der Waals surface area contributed by atoms with E-state index < -0.39 is 0 Å². The zero-order chi connectivity index (χ0) is 12.1. The predicted octanol–water partition coefficient (Wildman–Crippen LogP) is 2.90. The van der Waals surface area contributed by atoms with Crippen molar-refractivity contribution in [1.29, 1.82) is 0 Å². The van der Waals surface area contributed by atoms with E-state index in [2.05, 4.69) is 24.4 Å². The van der Waals surface area contributed by atoms with Crippen LogP contribution in [0.5, 0.6) is 0 Å². The monoisotopic (exact) mass is 253 g/mol. The van der Waals surface area contributed by atoms with E-state index in [1.165, 1.54) is 5.56 Å². The summed E-state index contributed by atoms with van der Waals surface area (Å²) in [6, 6.07) is 8.71. The van der Waals surface area contributed by atoms with Gasteiger partial charge in [-0.1, -0.05) is 30.7 Å². The van der Waals surface area contributed by atoms with Crippen molar-refractivity contribution in [2.24, 2.45) is 5.92 Å². The summed E-state index contributed by atoms with van der Waals surface area (Å²) >= 11 is 6.01. The normalized spacial score (nSPS) is 24.8. The largest absolute Gasteiger partial charge is 0.381 e. The van der Waals surface area contributed by atoms with Crippen LogP contribution in [-0.2, 0) is 11.2 Å². The van der Waals surface area contributed by atoms with Crippen molar-refractivity contribution in [2.45, 2.75) is 25.8 Å². The van der Waals surface area contributed by atoms with Gasteiger partial charge in [-0.3, -0.25) is 0 Å². The third-order valence-corrected chi connectivity index (χ3v) is 3.56. The van der Waals surface area contributed by atoms with E-state index in [1.807, 2.05) is 12.1 Å². The lowest BCUT2D eigenvalue weighted by atomic mass is 9.89. The molecule has 17 heavy (non-hydrogen) atoms. The molecule has 0 aliphatic carbocycles. The second kappa shape index (κ2) is 6.39. The third-order valence-electron chi connectivity index (χ3n) is 3.33. The minimum absolute atomic E-state index is 0.558. The Hall–Kier alpha value is -0.570. The van der Waals surface area contributed by atoms with Crippen LogP contribution in [0.15, 0.2) is 24.3 Å². The van der Waals surface area contributed by atoms with Gasteiger partial charge in [0, 0.05) is 23.6 Å². The Bertz CT molecular complexity index is 354. The van der Waals surface area contributed by atoms with Crippen LogP contribution in [0.2, 0.25) is 5.02 Å². The maximum atomic E-state index is 6.01.